The first-order chi connectivity index (χ1) is 16.9. The number of rotatable bonds is 7. The van der Waals surface area contributed by atoms with Crippen LogP contribution in [0.2, 0.25) is 0 Å². The summed E-state index contributed by atoms with van der Waals surface area (Å²) in [5.41, 5.74) is 4.11. The molecule has 0 aliphatic carbocycles. The van der Waals surface area contributed by atoms with E-state index >= 15 is 0 Å². The van der Waals surface area contributed by atoms with E-state index in [0.29, 0.717) is 28.3 Å². The van der Waals surface area contributed by atoms with Gasteiger partial charge in [-0.25, -0.2) is 0 Å². The van der Waals surface area contributed by atoms with Crippen LogP contribution in [0.5, 0.6) is 5.75 Å². The normalized spacial score (nSPS) is 12.2. The first-order valence-electron chi connectivity index (χ1n) is 10.8. The van der Waals surface area contributed by atoms with E-state index in [0.717, 1.165) is 11.6 Å². The molecule has 0 radical (unpaired) electrons. The Labute approximate surface area is 201 Å². The average Bonchev–Trinajstić information content (AvgIpc) is 3.13. The Kier molecular flexibility index (Phi) is 6.71. The van der Waals surface area contributed by atoms with Gasteiger partial charge in [0.15, 0.2) is 0 Å². The van der Waals surface area contributed by atoms with Gasteiger partial charge >= 0.3 is 12.4 Å². The van der Waals surface area contributed by atoms with Crippen LogP contribution >= 0.6 is 0 Å². The first-order valence-corrected chi connectivity index (χ1v) is 10.8. The molecule has 0 spiro atoms. The van der Waals surface area contributed by atoms with E-state index < -0.39 is 29.4 Å². The Morgan fingerprint density at radius 1 is 0.861 bits per heavy atom. The number of ether oxygens (including phenoxy) is 1. The van der Waals surface area contributed by atoms with Gasteiger partial charge in [-0.1, -0.05) is 36.4 Å². The number of alkyl halides is 6. The molecule has 10 heteroatoms. The lowest BCUT2D eigenvalue weighted by atomic mass is 10.0. The molecule has 4 nitrogen and oxygen atoms in total. The molecule has 188 valence electrons. The fourth-order valence-electron chi connectivity index (χ4n) is 3.98. The maximum absolute atomic E-state index is 13.6. The van der Waals surface area contributed by atoms with Crippen molar-refractivity contribution in [2.24, 2.45) is 5.73 Å². The van der Waals surface area contributed by atoms with Crippen molar-refractivity contribution in [3.05, 3.63) is 101 Å². The van der Waals surface area contributed by atoms with Gasteiger partial charge in [-0.15, -0.1) is 0 Å². The van der Waals surface area contributed by atoms with E-state index in [1.807, 2.05) is 30.3 Å². The molecule has 1 amide bonds. The monoisotopic (exact) mass is 506 g/mol. The van der Waals surface area contributed by atoms with Gasteiger partial charge in [-0.3, -0.25) is 4.79 Å². The molecule has 1 heterocycles. The van der Waals surface area contributed by atoms with Crippen LogP contribution in [0.1, 0.15) is 27.8 Å². The highest BCUT2D eigenvalue weighted by Crippen LogP contribution is 2.38. The molecule has 1 aromatic heterocycles. The second-order valence-electron chi connectivity index (χ2n) is 8.25. The molecular weight excluding hydrogens is 486 g/mol. The molecule has 0 bridgehead atoms. The number of hydrogen-bond donors (Lipinski definition) is 1. The Hall–Kier alpha value is -3.95. The van der Waals surface area contributed by atoms with Crippen LogP contribution in [0.25, 0.3) is 10.9 Å². The summed E-state index contributed by atoms with van der Waals surface area (Å²) in [5.74, 6) is -0.171. The minimum Gasteiger partial charge on any atom is -0.489 e. The van der Waals surface area contributed by atoms with Crippen molar-refractivity contribution in [2.75, 3.05) is 0 Å². The van der Waals surface area contributed by atoms with Crippen molar-refractivity contribution < 1.29 is 35.9 Å². The predicted octanol–water partition coefficient (Wildman–Crippen LogP) is 6.33. The number of hydrogen-bond acceptors (Lipinski definition) is 2. The highest BCUT2D eigenvalue weighted by atomic mass is 19.4. The number of halogens is 6. The van der Waals surface area contributed by atoms with E-state index in [1.54, 1.807) is 18.2 Å². The van der Waals surface area contributed by atoms with Gasteiger partial charge in [0.05, 0.1) is 17.5 Å². The number of nitrogens with two attached hydrogens (primary N) is 1. The van der Waals surface area contributed by atoms with Crippen LogP contribution in [-0.4, -0.2) is 10.5 Å². The lowest BCUT2D eigenvalue weighted by molar-refractivity contribution is -0.143. The number of primary amides is 1. The molecule has 0 atom stereocenters. The third kappa shape index (κ3) is 5.64. The van der Waals surface area contributed by atoms with Crippen LogP contribution in [0.15, 0.2) is 72.9 Å². The van der Waals surface area contributed by atoms with Gasteiger partial charge in [0.2, 0.25) is 5.91 Å². The quantitative estimate of drug-likeness (QED) is 0.298. The summed E-state index contributed by atoms with van der Waals surface area (Å²) in [6.45, 7) is -0.0921. The van der Waals surface area contributed by atoms with E-state index in [4.69, 9.17) is 10.5 Å². The number of aromatic nitrogens is 1. The summed E-state index contributed by atoms with van der Waals surface area (Å²) < 4.78 is 87.3. The lowest BCUT2D eigenvalue weighted by Gasteiger charge is -2.17. The second kappa shape index (κ2) is 9.60. The largest absolute Gasteiger partial charge is 0.489 e. The minimum atomic E-state index is -4.99. The lowest BCUT2D eigenvalue weighted by Crippen LogP contribution is -2.15. The summed E-state index contributed by atoms with van der Waals surface area (Å²) in [5, 5.41) is 0.542. The van der Waals surface area contributed by atoms with Crippen molar-refractivity contribution in [3.8, 4) is 5.75 Å². The SMILES string of the molecule is NC(=O)Cc1cn(Cc2ccc(C(F)(F)F)cc2C(F)(F)F)c2ccc(OCc3ccccc3)cc12. The Balaban J connectivity index is 1.72. The smallest absolute Gasteiger partial charge is 0.416 e. The highest BCUT2D eigenvalue weighted by molar-refractivity contribution is 5.90. The van der Waals surface area contributed by atoms with Crippen LogP contribution in [0.3, 0.4) is 0 Å². The van der Waals surface area contributed by atoms with E-state index in [2.05, 4.69) is 0 Å². The predicted molar refractivity (Wildman–Crippen MR) is 121 cm³/mol. The van der Waals surface area contributed by atoms with Crippen LogP contribution < -0.4 is 10.5 Å². The maximum Gasteiger partial charge on any atom is 0.416 e. The third-order valence-corrected chi connectivity index (χ3v) is 5.63. The molecule has 0 fully saturated rings. The summed E-state index contributed by atoms with van der Waals surface area (Å²) in [6.07, 6.45) is -8.60. The number of nitrogens with zero attached hydrogens (tertiary/aromatic N) is 1. The van der Waals surface area contributed by atoms with Crippen molar-refractivity contribution in [3.63, 3.8) is 0 Å². The fraction of sp³-hybridized carbons (Fsp3) is 0.192. The topological polar surface area (TPSA) is 57.2 Å². The minimum absolute atomic E-state index is 0.112. The Morgan fingerprint density at radius 2 is 1.58 bits per heavy atom. The van der Waals surface area contributed by atoms with Gasteiger partial charge in [-0.05, 0) is 47.0 Å². The third-order valence-electron chi connectivity index (χ3n) is 5.63. The molecule has 2 N–H and O–H groups in total. The van der Waals surface area contributed by atoms with Crippen molar-refractivity contribution in [1.29, 1.82) is 0 Å². The van der Waals surface area contributed by atoms with E-state index in [-0.39, 0.29) is 31.2 Å². The average molecular weight is 506 g/mol. The van der Waals surface area contributed by atoms with Gasteiger partial charge in [0.1, 0.15) is 12.4 Å². The van der Waals surface area contributed by atoms with Crippen molar-refractivity contribution >= 4 is 16.8 Å². The van der Waals surface area contributed by atoms with Gasteiger partial charge in [-0.2, -0.15) is 26.3 Å². The zero-order chi connectivity index (χ0) is 26.1. The van der Waals surface area contributed by atoms with Gasteiger partial charge < -0.3 is 15.0 Å². The standard InChI is InChI=1S/C26H20F6N2O2/c27-25(28,29)19-7-6-17(22(11-19)26(30,31)32)13-34-14-18(10-24(33)35)21-12-20(8-9-23(21)34)36-15-16-4-2-1-3-5-16/h1-9,11-12,14H,10,13,15H2,(H2,33,35). The summed E-state index contributed by atoms with van der Waals surface area (Å²) in [7, 11) is 0. The number of carbonyl (C=O) groups is 1. The van der Waals surface area contributed by atoms with Gasteiger partial charge in [0.25, 0.3) is 0 Å². The zero-order valence-corrected chi connectivity index (χ0v) is 18.7. The molecule has 36 heavy (non-hydrogen) atoms. The second-order valence-corrected chi connectivity index (χ2v) is 8.25. The molecule has 4 aromatic rings. The van der Waals surface area contributed by atoms with Crippen molar-refractivity contribution in [2.45, 2.75) is 31.9 Å². The fourth-order valence-corrected chi connectivity index (χ4v) is 3.98. The zero-order valence-electron chi connectivity index (χ0n) is 18.7. The molecule has 0 aliphatic rings. The van der Waals surface area contributed by atoms with E-state index in [9.17, 15) is 31.1 Å². The molecule has 0 saturated heterocycles. The summed E-state index contributed by atoms with van der Waals surface area (Å²) in [6, 6.07) is 15.8. The number of amides is 1. The molecular formula is C26H20F6N2O2. The highest BCUT2D eigenvalue weighted by Gasteiger charge is 2.38. The molecule has 0 saturated carbocycles. The molecule has 3 aromatic carbocycles. The molecule has 0 unspecified atom stereocenters. The van der Waals surface area contributed by atoms with Crippen LogP contribution in [0.4, 0.5) is 26.3 Å². The van der Waals surface area contributed by atoms with Crippen LogP contribution in [-0.2, 0) is 36.7 Å². The summed E-state index contributed by atoms with van der Waals surface area (Å²) >= 11 is 0. The maximum atomic E-state index is 13.6. The van der Waals surface area contributed by atoms with E-state index in [1.165, 1.54) is 10.8 Å². The Morgan fingerprint density at radius 3 is 2.22 bits per heavy atom. The Bertz CT molecular complexity index is 1390. The number of fused-ring (bicyclic) bond motifs is 1. The first kappa shape index (κ1) is 25.2. The number of carbonyl (C=O) groups excluding carboxylic acids is 1. The molecule has 0 aliphatic heterocycles. The van der Waals surface area contributed by atoms with Gasteiger partial charge in [0, 0.05) is 23.6 Å². The number of benzene rings is 3. The van der Waals surface area contributed by atoms with Crippen molar-refractivity contribution in [1.82, 2.24) is 4.57 Å². The molecule has 4 rings (SSSR count). The summed E-state index contributed by atoms with van der Waals surface area (Å²) in [4.78, 5) is 11.6. The van der Waals surface area contributed by atoms with Crippen LogP contribution in [0, 0.1) is 0 Å².